The Morgan fingerprint density at radius 3 is 2.68 bits per heavy atom. The molecule has 0 aromatic heterocycles. The molecule has 1 aliphatic rings. The molecule has 1 saturated carbocycles. The molecular weight excluding hydrogens is 459 g/mol. The van der Waals surface area contributed by atoms with Crippen LogP contribution in [0.15, 0.2) is 33.9 Å². The van der Waals surface area contributed by atoms with E-state index >= 15 is 0 Å². The second-order valence-corrected chi connectivity index (χ2v) is 9.37. The van der Waals surface area contributed by atoms with Gasteiger partial charge in [0.25, 0.3) is 0 Å². The van der Waals surface area contributed by atoms with Crippen molar-refractivity contribution in [3.8, 4) is 11.5 Å². The topological polar surface area (TPSA) is 83.6 Å². The Hall–Kier alpha value is -2.38. The number of halogens is 2. The molecule has 0 amide bonds. The van der Waals surface area contributed by atoms with E-state index in [1.165, 1.54) is 6.21 Å². The molecule has 1 aromatic rings. The second-order valence-electron chi connectivity index (χ2n) is 8.99. The first-order valence-corrected chi connectivity index (χ1v) is 11.8. The molecule has 1 fully saturated rings. The summed E-state index contributed by atoms with van der Waals surface area (Å²) in [4.78, 5) is 8.84. The van der Waals surface area contributed by atoms with E-state index < -0.39 is 13.6 Å². The largest absolute Gasteiger partial charge is 0.507 e. The maximum absolute atomic E-state index is 13.1. The van der Waals surface area contributed by atoms with E-state index in [4.69, 9.17) is 26.3 Å². The highest BCUT2D eigenvalue weighted by molar-refractivity contribution is 6.33. The van der Waals surface area contributed by atoms with Gasteiger partial charge in [0, 0.05) is 23.3 Å². The number of hydrogen-bond donors (Lipinski definition) is 2. The molecule has 0 spiro atoms. The molecule has 0 heterocycles. The lowest BCUT2D eigenvalue weighted by atomic mass is 9.61. The Labute approximate surface area is 206 Å². The van der Waals surface area contributed by atoms with Crippen molar-refractivity contribution in [2.75, 3.05) is 20.7 Å². The normalized spacial score (nSPS) is 25.0. The van der Waals surface area contributed by atoms with E-state index in [1.807, 2.05) is 13.0 Å². The van der Waals surface area contributed by atoms with Crippen molar-refractivity contribution in [2.45, 2.75) is 53.9 Å². The van der Waals surface area contributed by atoms with Crippen LogP contribution in [0.4, 0.5) is 4.39 Å². The minimum Gasteiger partial charge on any atom is -0.507 e. The standard InChI is InChI=1S/C26H36ClFN2O4/c1-16(11-12-26(5)17(2)8-10-22(19(26)4)30-33-6)7-9-20-24(32)21(13-29-15-31)18(3)23(27)25(20)34-14-28/h7,11-13,17,19,31-32H,8-10,14-15H2,1-6H3/b12-11+,16-7+,29-13+,30-22+/t17-,19+,26+/m1/s1. The molecule has 188 valence electrons. The van der Waals surface area contributed by atoms with Crippen LogP contribution in [-0.4, -0.2) is 42.8 Å². The summed E-state index contributed by atoms with van der Waals surface area (Å²) >= 11 is 6.42. The molecule has 0 aliphatic heterocycles. The van der Waals surface area contributed by atoms with Crippen LogP contribution in [-0.2, 0) is 11.3 Å². The summed E-state index contributed by atoms with van der Waals surface area (Å²) in [7, 11) is 1.58. The minimum absolute atomic E-state index is 0.0869. The summed E-state index contributed by atoms with van der Waals surface area (Å²) in [5.74, 6) is 0.714. The fourth-order valence-corrected chi connectivity index (χ4v) is 4.69. The fourth-order valence-electron chi connectivity index (χ4n) is 4.42. The van der Waals surface area contributed by atoms with E-state index in [0.29, 0.717) is 22.6 Å². The van der Waals surface area contributed by atoms with Crippen molar-refractivity contribution in [1.82, 2.24) is 0 Å². The molecular formula is C26H36ClFN2O4. The number of allylic oxidation sites excluding steroid dienone is 4. The van der Waals surface area contributed by atoms with Crippen LogP contribution in [0.3, 0.4) is 0 Å². The molecule has 34 heavy (non-hydrogen) atoms. The van der Waals surface area contributed by atoms with E-state index in [1.54, 1.807) is 14.0 Å². The lowest BCUT2D eigenvalue weighted by Crippen LogP contribution is -2.40. The highest BCUT2D eigenvalue weighted by Crippen LogP contribution is 2.45. The molecule has 1 aromatic carbocycles. The van der Waals surface area contributed by atoms with Crippen LogP contribution < -0.4 is 4.74 Å². The number of ether oxygens (including phenoxy) is 1. The molecule has 8 heteroatoms. The van der Waals surface area contributed by atoms with Gasteiger partial charge in [0.05, 0.1) is 10.7 Å². The van der Waals surface area contributed by atoms with Gasteiger partial charge in [-0.05, 0) is 50.0 Å². The first-order valence-electron chi connectivity index (χ1n) is 11.4. The Morgan fingerprint density at radius 2 is 2.06 bits per heavy atom. The molecule has 0 bridgehead atoms. The van der Waals surface area contributed by atoms with Crippen molar-refractivity contribution in [1.29, 1.82) is 0 Å². The maximum Gasteiger partial charge on any atom is 0.228 e. The van der Waals surface area contributed by atoms with Crippen molar-refractivity contribution >= 4 is 23.5 Å². The number of oxime groups is 1. The summed E-state index contributed by atoms with van der Waals surface area (Å²) < 4.78 is 18.2. The third-order valence-electron chi connectivity index (χ3n) is 7.12. The first-order chi connectivity index (χ1) is 16.1. The SMILES string of the molecule is CO/N=C1\CC[C@@H](C)[C@](C)(/C=C/C(C)=C/Cc2c(O)c(/C=N/CO)c(C)c(Cl)c2OCF)[C@H]1C. The molecule has 1 aliphatic carbocycles. The van der Waals surface area contributed by atoms with E-state index in [9.17, 15) is 9.50 Å². The summed E-state index contributed by atoms with van der Waals surface area (Å²) in [6.07, 6.45) is 9.81. The zero-order valence-corrected chi connectivity index (χ0v) is 21.6. The number of hydrogen-bond acceptors (Lipinski definition) is 6. The Balaban J connectivity index is 2.38. The van der Waals surface area contributed by atoms with Crippen molar-refractivity contribution in [3.63, 3.8) is 0 Å². The summed E-state index contributed by atoms with van der Waals surface area (Å²) in [5.41, 5.74) is 3.18. The van der Waals surface area contributed by atoms with Crippen LogP contribution in [0.2, 0.25) is 5.02 Å². The zero-order chi connectivity index (χ0) is 25.5. The molecule has 2 rings (SSSR count). The highest BCUT2D eigenvalue weighted by Gasteiger charge is 2.41. The van der Waals surface area contributed by atoms with Crippen LogP contribution in [0, 0.1) is 24.2 Å². The van der Waals surface area contributed by atoms with Crippen molar-refractivity contribution < 1.29 is 24.2 Å². The summed E-state index contributed by atoms with van der Waals surface area (Å²) in [6, 6.07) is 0. The van der Waals surface area contributed by atoms with Gasteiger partial charge in [-0.1, -0.05) is 61.3 Å². The number of nitrogens with zero attached hydrogens (tertiary/aromatic N) is 2. The average Bonchev–Trinajstić information content (AvgIpc) is 2.81. The monoisotopic (exact) mass is 494 g/mol. The number of aliphatic hydroxyl groups is 1. The molecule has 0 radical (unpaired) electrons. The van der Waals surface area contributed by atoms with Gasteiger partial charge in [-0.25, -0.2) is 4.39 Å². The van der Waals surface area contributed by atoms with Gasteiger partial charge in [0.1, 0.15) is 25.3 Å². The first kappa shape index (κ1) is 27.9. The number of phenolic OH excluding ortho intramolecular Hbond substituents is 1. The lowest BCUT2D eigenvalue weighted by molar-refractivity contribution is 0.169. The number of aliphatic imine (C=N–C) groups is 1. The predicted octanol–water partition coefficient (Wildman–Crippen LogP) is 6.15. The number of aromatic hydroxyl groups is 1. The van der Waals surface area contributed by atoms with Crippen molar-refractivity contribution in [2.24, 2.45) is 27.4 Å². The smallest absolute Gasteiger partial charge is 0.228 e. The Morgan fingerprint density at radius 1 is 1.35 bits per heavy atom. The average molecular weight is 495 g/mol. The van der Waals surface area contributed by atoms with Gasteiger partial charge >= 0.3 is 0 Å². The predicted molar refractivity (Wildman–Crippen MR) is 136 cm³/mol. The quantitative estimate of drug-likeness (QED) is 0.245. The second kappa shape index (κ2) is 12.4. The van der Waals surface area contributed by atoms with Gasteiger partial charge < -0.3 is 19.8 Å². The van der Waals surface area contributed by atoms with Crippen LogP contribution in [0.5, 0.6) is 11.5 Å². The number of aliphatic hydroxyl groups excluding tert-OH is 1. The Bertz CT molecular complexity index is 990. The summed E-state index contributed by atoms with van der Waals surface area (Å²) in [6.45, 7) is 8.82. The van der Waals surface area contributed by atoms with Gasteiger partial charge in [-0.3, -0.25) is 4.99 Å². The fraction of sp³-hybridized carbons (Fsp3) is 0.538. The van der Waals surface area contributed by atoms with Gasteiger partial charge in [0.15, 0.2) is 0 Å². The minimum atomic E-state index is -1.07. The van der Waals surface area contributed by atoms with Gasteiger partial charge in [0.2, 0.25) is 6.86 Å². The van der Waals surface area contributed by atoms with Gasteiger partial charge in [-0.2, -0.15) is 0 Å². The summed E-state index contributed by atoms with van der Waals surface area (Å²) in [5, 5.41) is 24.3. The van der Waals surface area contributed by atoms with E-state index in [0.717, 1.165) is 24.1 Å². The number of benzene rings is 1. The number of phenols is 1. The molecule has 0 unspecified atom stereocenters. The zero-order valence-electron chi connectivity index (χ0n) is 20.9. The lowest BCUT2D eigenvalue weighted by Gasteiger charge is -2.43. The van der Waals surface area contributed by atoms with E-state index in [2.05, 4.69) is 43.1 Å². The number of rotatable bonds is 9. The van der Waals surface area contributed by atoms with Crippen LogP contribution in [0.25, 0.3) is 0 Å². The molecule has 0 saturated heterocycles. The van der Waals surface area contributed by atoms with Crippen LogP contribution >= 0.6 is 11.6 Å². The van der Waals surface area contributed by atoms with E-state index in [-0.39, 0.29) is 34.3 Å². The third kappa shape index (κ3) is 5.99. The van der Waals surface area contributed by atoms with Gasteiger partial charge in [-0.15, -0.1) is 0 Å². The maximum atomic E-state index is 13.1. The molecule has 2 N–H and O–H groups in total. The number of alkyl halides is 1. The third-order valence-corrected chi connectivity index (χ3v) is 7.57. The highest BCUT2D eigenvalue weighted by atomic mass is 35.5. The molecule has 6 nitrogen and oxygen atoms in total. The van der Waals surface area contributed by atoms with Crippen molar-refractivity contribution in [3.05, 3.63) is 45.5 Å². The van der Waals surface area contributed by atoms with Crippen LogP contribution in [0.1, 0.15) is 57.2 Å². The molecule has 3 atom stereocenters. The Kier molecular flexibility index (Phi) is 10.1.